The number of allylic oxidation sites excluding steroid dienone is 1. The van der Waals surface area contributed by atoms with E-state index in [0.29, 0.717) is 29.4 Å². The minimum Gasteiger partial charge on any atom is -0.493 e. The van der Waals surface area contributed by atoms with Crippen LogP contribution in [0.4, 0.5) is 5.69 Å². The molecule has 0 saturated heterocycles. The molecule has 1 heterocycles. The number of ether oxygens (including phenoxy) is 2. The highest BCUT2D eigenvalue weighted by Crippen LogP contribution is 2.35. The van der Waals surface area contributed by atoms with Crippen LogP contribution in [0.5, 0.6) is 11.5 Å². The van der Waals surface area contributed by atoms with Crippen molar-refractivity contribution in [2.45, 2.75) is 97.4 Å². The Morgan fingerprint density at radius 2 is 1.54 bits per heavy atom. The van der Waals surface area contributed by atoms with E-state index >= 15 is 0 Å². The molecule has 0 bridgehead atoms. The second-order valence-corrected chi connectivity index (χ2v) is 11.3. The quantitative estimate of drug-likeness (QED) is 0.176. The first kappa shape index (κ1) is 30.9. The maximum absolute atomic E-state index is 13.0. The van der Waals surface area contributed by atoms with Crippen LogP contribution in [0.1, 0.15) is 107 Å². The SMILES string of the molecule is CCCCCCCCCCCCCCOc1c(NC(=O)c2ccc(CN3CSC=C3C)cc2)cccc1OC. The van der Waals surface area contributed by atoms with E-state index in [1.807, 2.05) is 54.2 Å². The molecule has 5 nitrogen and oxygen atoms in total. The van der Waals surface area contributed by atoms with E-state index in [1.165, 1.54) is 75.5 Å². The smallest absolute Gasteiger partial charge is 0.255 e. The number of hydrogen-bond donors (Lipinski definition) is 1. The third-order valence-corrected chi connectivity index (χ3v) is 8.23. The molecule has 0 fully saturated rings. The molecule has 39 heavy (non-hydrogen) atoms. The first-order valence-electron chi connectivity index (χ1n) is 14.9. The number of anilines is 1. The van der Waals surface area contributed by atoms with Gasteiger partial charge in [-0.05, 0) is 48.6 Å². The van der Waals surface area contributed by atoms with Gasteiger partial charge < -0.3 is 19.7 Å². The fourth-order valence-corrected chi connectivity index (χ4v) is 5.75. The maximum atomic E-state index is 13.0. The molecule has 2 aromatic carbocycles. The van der Waals surface area contributed by atoms with Crippen molar-refractivity contribution in [2.24, 2.45) is 0 Å². The maximum Gasteiger partial charge on any atom is 0.255 e. The molecule has 0 atom stereocenters. The summed E-state index contributed by atoms with van der Waals surface area (Å²) in [6.07, 6.45) is 15.7. The third kappa shape index (κ3) is 10.8. The zero-order valence-electron chi connectivity index (χ0n) is 24.3. The van der Waals surface area contributed by atoms with E-state index in [4.69, 9.17) is 9.47 Å². The van der Waals surface area contributed by atoms with Crippen LogP contribution in [0.15, 0.2) is 53.6 Å². The van der Waals surface area contributed by atoms with Crippen LogP contribution < -0.4 is 14.8 Å². The highest BCUT2D eigenvalue weighted by Gasteiger charge is 2.16. The fraction of sp³-hybridized carbons (Fsp3) is 0.545. The van der Waals surface area contributed by atoms with E-state index < -0.39 is 0 Å². The van der Waals surface area contributed by atoms with Gasteiger partial charge in [0, 0.05) is 17.8 Å². The summed E-state index contributed by atoms with van der Waals surface area (Å²) in [6.45, 7) is 5.86. The Labute approximate surface area is 240 Å². The molecule has 1 N–H and O–H groups in total. The van der Waals surface area contributed by atoms with Crippen molar-refractivity contribution in [3.8, 4) is 11.5 Å². The van der Waals surface area contributed by atoms with Crippen LogP contribution in [0, 0.1) is 0 Å². The monoisotopic (exact) mass is 552 g/mol. The molecule has 2 aromatic rings. The Morgan fingerprint density at radius 3 is 2.13 bits per heavy atom. The van der Waals surface area contributed by atoms with Gasteiger partial charge in [0.2, 0.25) is 0 Å². The Balaban J connectivity index is 1.40. The fourth-order valence-electron chi connectivity index (χ4n) is 4.81. The van der Waals surface area contributed by atoms with Crippen LogP contribution in [0.3, 0.4) is 0 Å². The van der Waals surface area contributed by atoms with Crippen LogP contribution in [-0.4, -0.2) is 30.4 Å². The van der Waals surface area contributed by atoms with Crippen LogP contribution in [-0.2, 0) is 6.54 Å². The number of unbranched alkanes of at least 4 members (excludes halogenated alkanes) is 11. The lowest BCUT2D eigenvalue weighted by molar-refractivity contribution is 0.102. The summed E-state index contributed by atoms with van der Waals surface area (Å²) in [7, 11) is 1.63. The second kappa shape index (κ2) is 17.9. The summed E-state index contributed by atoms with van der Waals surface area (Å²) in [6, 6.07) is 13.4. The lowest BCUT2D eigenvalue weighted by Crippen LogP contribution is -2.17. The number of para-hydroxylation sites is 1. The predicted molar refractivity (Wildman–Crippen MR) is 166 cm³/mol. The average Bonchev–Trinajstić information content (AvgIpc) is 3.36. The summed E-state index contributed by atoms with van der Waals surface area (Å²) in [5.74, 6) is 2.06. The molecule has 1 aliphatic rings. The largest absolute Gasteiger partial charge is 0.493 e. The molecule has 0 radical (unpaired) electrons. The van der Waals surface area contributed by atoms with Gasteiger partial charge in [-0.1, -0.05) is 95.8 Å². The van der Waals surface area contributed by atoms with Gasteiger partial charge in [0.15, 0.2) is 11.5 Å². The van der Waals surface area contributed by atoms with Gasteiger partial charge in [-0.3, -0.25) is 4.79 Å². The van der Waals surface area contributed by atoms with Gasteiger partial charge in [-0.2, -0.15) is 0 Å². The summed E-state index contributed by atoms with van der Waals surface area (Å²) in [5, 5.41) is 5.22. The van der Waals surface area contributed by atoms with Gasteiger partial charge in [0.05, 0.1) is 25.3 Å². The number of nitrogens with one attached hydrogen (secondary N) is 1. The minimum atomic E-state index is -0.155. The molecular formula is C33H48N2O3S. The molecule has 0 unspecified atom stereocenters. The van der Waals surface area contributed by atoms with Gasteiger partial charge in [-0.25, -0.2) is 0 Å². The standard InChI is InChI=1S/C33H48N2O3S/c1-4-5-6-7-8-9-10-11-12-13-14-15-23-38-32-30(17-16-18-31(32)37-3)34-33(36)29-21-19-28(20-22-29)24-35-26-39-25-27(35)2/h16-22,25H,4-15,23-24,26H2,1-3H3,(H,34,36). The Morgan fingerprint density at radius 1 is 0.897 bits per heavy atom. The lowest BCUT2D eigenvalue weighted by atomic mass is 10.1. The molecule has 1 amide bonds. The second-order valence-electron chi connectivity index (χ2n) is 10.5. The molecule has 0 spiro atoms. The van der Waals surface area contributed by atoms with Crippen molar-refractivity contribution in [2.75, 3.05) is 24.9 Å². The van der Waals surface area contributed by atoms with Crippen LogP contribution in [0.25, 0.3) is 0 Å². The number of amides is 1. The van der Waals surface area contributed by atoms with Gasteiger partial charge in [-0.15, -0.1) is 11.8 Å². The molecule has 3 rings (SSSR count). The summed E-state index contributed by atoms with van der Waals surface area (Å²) < 4.78 is 11.7. The zero-order chi connectivity index (χ0) is 27.7. The van der Waals surface area contributed by atoms with E-state index in [9.17, 15) is 4.79 Å². The van der Waals surface area contributed by atoms with E-state index in [-0.39, 0.29) is 5.91 Å². The first-order chi connectivity index (χ1) is 19.1. The van der Waals surface area contributed by atoms with Crippen molar-refractivity contribution >= 4 is 23.4 Å². The normalized spacial score (nSPS) is 12.9. The number of carbonyl (C=O) groups is 1. The summed E-state index contributed by atoms with van der Waals surface area (Å²) in [4.78, 5) is 15.4. The summed E-state index contributed by atoms with van der Waals surface area (Å²) in [5.41, 5.74) is 3.74. The number of carbonyl (C=O) groups excluding carboxylic acids is 1. The van der Waals surface area contributed by atoms with E-state index in [2.05, 4.69) is 29.5 Å². The van der Waals surface area contributed by atoms with Crippen molar-refractivity contribution in [3.05, 3.63) is 64.7 Å². The topological polar surface area (TPSA) is 50.8 Å². The summed E-state index contributed by atoms with van der Waals surface area (Å²) >= 11 is 1.82. The van der Waals surface area contributed by atoms with Crippen LogP contribution in [0.2, 0.25) is 0 Å². The highest BCUT2D eigenvalue weighted by molar-refractivity contribution is 8.02. The minimum absolute atomic E-state index is 0.155. The molecule has 6 heteroatoms. The van der Waals surface area contributed by atoms with Crippen molar-refractivity contribution in [3.63, 3.8) is 0 Å². The van der Waals surface area contributed by atoms with E-state index in [0.717, 1.165) is 25.3 Å². The van der Waals surface area contributed by atoms with Crippen molar-refractivity contribution in [1.82, 2.24) is 4.90 Å². The Bertz CT molecular complexity index is 1020. The van der Waals surface area contributed by atoms with Crippen LogP contribution >= 0.6 is 11.8 Å². The molecule has 214 valence electrons. The van der Waals surface area contributed by atoms with Gasteiger partial charge >= 0.3 is 0 Å². The van der Waals surface area contributed by atoms with Crippen molar-refractivity contribution < 1.29 is 14.3 Å². The van der Waals surface area contributed by atoms with E-state index in [1.54, 1.807) is 7.11 Å². The molecular weight excluding hydrogens is 504 g/mol. The predicted octanol–water partition coefficient (Wildman–Crippen LogP) is 9.39. The first-order valence-corrected chi connectivity index (χ1v) is 15.9. The number of methoxy groups -OCH3 is 1. The van der Waals surface area contributed by atoms with Gasteiger partial charge in [0.25, 0.3) is 5.91 Å². The van der Waals surface area contributed by atoms with Crippen molar-refractivity contribution in [1.29, 1.82) is 0 Å². The molecule has 0 aliphatic carbocycles. The number of rotatable bonds is 19. The number of benzene rings is 2. The van der Waals surface area contributed by atoms with Gasteiger partial charge in [0.1, 0.15) is 0 Å². The number of nitrogens with zero attached hydrogens (tertiary/aromatic N) is 1. The molecule has 0 aromatic heterocycles. The average molecular weight is 553 g/mol. The Hall–Kier alpha value is -2.60. The third-order valence-electron chi connectivity index (χ3n) is 7.26. The lowest BCUT2D eigenvalue weighted by Gasteiger charge is -2.19. The zero-order valence-corrected chi connectivity index (χ0v) is 25.1. The molecule has 0 saturated carbocycles. The number of thioether (sulfide) groups is 1. The highest BCUT2D eigenvalue weighted by atomic mass is 32.2. The molecule has 1 aliphatic heterocycles. The Kier molecular flexibility index (Phi) is 14.2. The number of hydrogen-bond acceptors (Lipinski definition) is 5.